The van der Waals surface area contributed by atoms with E-state index in [1.165, 1.54) is 24.3 Å². The van der Waals surface area contributed by atoms with Crippen LogP contribution in [0.3, 0.4) is 0 Å². The first-order valence-corrected chi connectivity index (χ1v) is 17.4. The van der Waals surface area contributed by atoms with Gasteiger partial charge < -0.3 is 10.6 Å². The molecule has 16 nitrogen and oxygen atoms in total. The number of amidine groups is 2. The highest BCUT2D eigenvalue weighted by molar-refractivity contribution is 7.88. The van der Waals surface area contributed by atoms with E-state index < -0.39 is 20.6 Å². The van der Waals surface area contributed by atoms with E-state index in [-0.39, 0.29) is 47.8 Å². The Hall–Kier alpha value is -4.98. The van der Waals surface area contributed by atoms with Crippen molar-refractivity contribution >= 4 is 88.8 Å². The number of hydrogen-bond acceptors (Lipinski definition) is 12. The van der Waals surface area contributed by atoms with Crippen molar-refractivity contribution < 1.29 is 25.9 Å². The van der Waals surface area contributed by atoms with Gasteiger partial charge in [0, 0.05) is 36.0 Å². The van der Waals surface area contributed by atoms with Crippen molar-refractivity contribution in [1.82, 2.24) is 30.8 Å². The molecule has 20 heteroatoms. The number of benzene rings is 4. The van der Waals surface area contributed by atoms with Crippen LogP contribution in [-0.2, 0) is 20.6 Å². The highest BCUT2D eigenvalue weighted by Crippen LogP contribution is 2.31. The number of nitrogens with zero attached hydrogens (tertiary/aromatic N) is 6. The van der Waals surface area contributed by atoms with Crippen LogP contribution < -0.4 is 30.1 Å². The number of anilines is 2. The Morgan fingerprint density at radius 2 is 1.00 bits per heavy atom. The van der Waals surface area contributed by atoms with Gasteiger partial charge in [-0.2, -0.15) is 25.4 Å². The first-order valence-electron chi connectivity index (χ1n) is 13.9. The molecule has 48 heavy (non-hydrogen) atoms. The molecule has 4 aromatic carbocycles. The summed E-state index contributed by atoms with van der Waals surface area (Å²) in [6.45, 7) is 0.381. The van der Waals surface area contributed by atoms with E-state index in [0.29, 0.717) is 19.4 Å². The van der Waals surface area contributed by atoms with E-state index in [1.54, 1.807) is 72.8 Å². The second-order valence-electron chi connectivity index (χ2n) is 10.1. The van der Waals surface area contributed by atoms with E-state index in [0.717, 1.165) is 20.0 Å². The summed E-state index contributed by atoms with van der Waals surface area (Å²) in [5, 5.41) is 16.7. The molecule has 0 saturated heterocycles. The number of nitrogens with one attached hydrogen (secondary N) is 4. The highest BCUT2D eigenvalue weighted by atomic mass is 35.5. The van der Waals surface area contributed by atoms with Gasteiger partial charge >= 0.3 is 20.6 Å². The number of fused-ring (bicyclic) bond motifs is 2. The molecule has 0 radical (unpaired) electrons. The van der Waals surface area contributed by atoms with E-state index >= 15 is 0 Å². The van der Waals surface area contributed by atoms with Gasteiger partial charge in [-0.15, -0.1) is 19.5 Å². The number of hydrazine groups is 2. The van der Waals surface area contributed by atoms with Crippen molar-refractivity contribution in [3.05, 3.63) is 109 Å². The molecule has 4 aromatic rings. The standard InChI is InChI=1S/C28H26Cl2N10O6S2/c29-39-33-25(17-27(35-39)37(47(41,42)43)23-13-5-9-19-7-1-3-11-21(19)23)31-15-16-32-26-18-28(36-40(30)34-26)38(48(44,45)46)24-14-6-10-20-8-2-4-12-22(20)24/h1-14,17-18,31-34H,15-16H2,(H,41,42,43)(H,44,45,46). The molecule has 6 N–H and O–H groups in total. The summed E-state index contributed by atoms with van der Waals surface area (Å²) in [5.74, 6) is 0.0242. The van der Waals surface area contributed by atoms with Crippen LogP contribution in [0.5, 0.6) is 0 Å². The number of hydrazone groups is 2. The molecule has 250 valence electrons. The minimum atomic E-state index is -4.86. The molecular formula is C28H26Cl2N10O6S2. The first kappa shape index (κ1) is 32.9. The molecular weight excluding hydrogens is 707 g/mol. The predicted molar refractivity (Wildman–Crippen MR) is 185 cm³/mol. The van der Waals surface area contributed by atoms with Crippen molar-refractivity contribution in [2.45, 2.75) is 0 Å². The van der Waals surface area contributed by atoms with Crippen molar-refractivity contribution in [3.8, 4) is 0 Å². The Morgan fingerprint density at radius 3 is 1.40 bits per heavy atom. The average Bonchev–Trinajstić information content (AvgIpc) is 3.02. The zero-order valence-electron chi connectivity index (χ0n) is 24.4. The van der Waals surface area contributed by atoms with Gasteiger partial charge in [0.1, 0.15) is 11.6 Å². The summed E-state index contributed by atoms with van der Waals surface area (Å²) >= 11 is 12.3. The van der Waals surface area contributed by atoms with Crippen LogP contribution in [0.2, 0.25) is 0 Å². The topological polar surface area (TPSA) is 195 Å². The Morgan fingerprint density at radius 1 is 0.625 bits per heavy atom. The largest absolute Gasteiger partial charge is 0.369 e. The smallest absolute Gasteiger partial charge is 0.365 e. The molecule has 0 aliphatic carbocycles. The number of rotatable bonds is 9. The lowest BCUT2D eigenvalue weighted by Crippen LogP contribution is -2.46. The van der Waals surface area contributed by atoms with E-state index in [1.807, 2.05) is 0 Å². The molecule has 6 rings (SSSR count). The van der Waals surface area contributed by atoms with Crippen LogP contribution >= 0.6 is 23.6 Å². The average molecular weight is 734 g/mol. The molecule has 0 saturated carbocycles. The maximum atomic E-state index is 12.6. The van der Waals surface area contributed by atoms with Gasteiger partial charge in [-0.1, -0.05) is 72.8 Å². The van der Waals surface area contributed by atoms with Gasteiger partial charge in [0.05, 0.1) is 34.9 Å². The third kappa shape index (κ3) is 7.13. The van der Waals surface area contributed by atoms with Gasteiger partial charge in [0.2, 0.25) is 0 Å². The minimum Gasteiger partial charge on any atom is -0.369 e. The van der Waals surface area contributed by atoms with Gasteiger partial charge in [-0.25, -0.2) is 0 Å². The molecule has 2 aliphatic heterocycles. The Bertz CT molecular complexity index is 2070. The van der Waals surface area contributed by atoms with Gasteiger partial charge in [0.25, 0.3) is 0 Å². The number of hydrogen-bond donors (Lipinski definition) is 6. The van der Waals surface area contributed by atoms with Crippen molar-refractivity contribution in [3.63, 3.8) is 0 Å². The summed E-state index contributed by atoms with van der Waals surface area (Å²) in [4.78, 5) is 0. The molecule has 0 spiro atoms. The van der Waals surface area contributed by atoms with Crippen LogP contribution in [-0.4, -0.2) is 60.0 Å². The first-order chi connectivity index (χ1) is 22.9. The summed E-state index contributed by atoms with van der Waals surface area (Å²) in [5.41, 5.74) is 5.72. The fourth-order valence-corrected chi connectivity index (χ4v) is 6.89. The van der Waals surface area contributed by atoms with Gasteiger partial charge in [-0.05, 0) is 22.9 Å². The fraction of sp³-hybridized carbons (Fsp3) is 0.0714. The zero-order chi connectivity index (χ0) is 34.1. The van der Waals surface area contributed by atoms with Crippen LogP contribution in [0.4, 0.5) is 11.4 Å². The van der Waals surface area contributed by atoms with Crippen LogP contribution in [0.15, 0.2) is 119 Å². The number of halogens is 2. The van der Waals surface area contributed by atoms with Crippen LogP contribution in [0.1, 0.15) is 0 Å². The Kier molecular flexibility index (Phi) is 9.10. The quantitative estimate of drug-likeness (QED) is 0.0836. The Labute approximate surface area is 285 Å². The molecule has 0 aromatic heterocycles. The summed E-state index contributed by atoms with van der Waals surface area (Å²) in [6, 6.07) is 24.0. The molecule has 0 bridgehead atoms. The molecule has 0 unspecified atom stereocenters. The lowest BCUT2D eigenvalue weighted by atomic mass is 10.1. The molecule has 0 amide bonds. The lowest BCUT2D eigenvalue weighted by molar-refractivity contribution is 0.366. The molecule has 2 aliphatic rings. The third-order valence-corrected chi connectivity index (χ3v) is 8.97. The van der Waals surface area contributed by atoms with Gasteiger partial charge in [-0.3, -0.25) is 20.0 Å². The second kappa shape index (κ2) is 13.3. The maximum Gasteiger partial charge on any atom is 0.365 e. The van der Waals surface area contributed by atoms with E-state index in [9.17, 15) is 25.9 Å². The SMILES string of the molecule is O=S(=O)(O)N(C1=NN(Cl)NC(NCCNC2=CC(N(c3cccc4ccccc34)S(=O)(=O)O)=NN(Cl)N2)=C1)c1cccc2ccccc12. The van der Waals surface area contributed by atoms with E-state index in [2.05, 4.69) is 31.7 Å². The zero-order valence-corrected chi connectivity index (χ0v) is 27.6. The van der Waals surface area contributed by atoms with E-state index in [4.69, 9.17) is 23.6 Å². The Balaban J connectivity index is 1.19. The van der Waals surface area contributed by atoms with Gasteiger partial charge in [0.15, 0.2) is 11.7 Å². The minimum absolute atomic E-state index is 0.152. The van der Waals surface area contributed by atoms with Crippen LogP contribution in [0, 0.1) is 0 Å². The summed E-state index contributed by atoms with van der Waals surface area (Å²) < 4.78 is 73.7. The van der Waals surface area contributed by atoms with Crippen molar-refractivity contribution in [1.29, 1.82) is 0 Å². The lowest BCUT2D eigenvalue weighted by Gasteiger charge is -2.29. The monoisotopic (exact) mass is 732 g/mol. The molecule has 0 fully saturated rings. The predicted octanol–water partition coefficient (Wildman–Crippen LogP) is 3.35. The van der Waals surface area contributed by atoms with Crippen molar-refractivity contribution in [2.75, 3.05) is 21.7 Å². The highest BCUT2D eigenvalue weighted by Gasteiger charge is 2.31. The van der Waals surface area contributed by atoms with Crippen molar-refractivity contribution in [2.24, 2.45) is 10.2 Å². The molecule has 0 atom stereocenters. The third-order valence-electron chi connectivity index (χ3n) is 6.96. The summed E-state index contributed by atoms with van der Waals surface area (Å²) in [7, 11) is -9.72. The maximum absolute atomic E-state index is 12.6. The molecule has 2 heterocycles. The second-order valence-corrected chi connectivity index (χ2v) is 13.3. The van der Waals surface area contributed by atoms with Crippen LogP contribution in [0.25, 0.3) is 21.5 Å². The fourth-order valence-electron chi connectivity index (χ4n) is 5.09. The summed E-state index contributed by atoms with van der Waals surface area (Å²) in [6.07, 6.45) is 2.68. The normalized spacial score (nSPS) is 15.1.